The third-order valence-electron chi connectivity index (χ3n) is 4.68. The van der Waals surface area contributed by atoms with E-state index in [0.717, 1.165) is 11.3 Å². The summed E-state index contributed by atoms with van der Waals surface area (Å²) in [5, 5.41) is 13.3. The molecule has 33 heavy (non-hydrogen) atoms. The fourth-order valence-corrected chi connectivity index (χ4v) is 3.93. The molecule has 3 heterocycles. The average molecular weight is 459 g/mol. The Morgan fingerprint density at radius 1 is 1.06 bits per heavy atom. The number of hydrogen-bond donors (Lipinski definition) is 1. The molecular weight excluding hydrogens is 440 g/mol. The van der Waals surface area contributed by atoms with Crippen LogP contribution in [0.25, 0.3) is 17.1 Å². The molecule has 2 aromatic carbocycles. The quantitative estimate of drug-likeness (QED) is 0.257. The predicted octanol–water partition coefficient (Wildman–Crippen LogP) is 3.30. The summed E-state index contributed by atoms with van der Waals surface area (Å²) < 4.78 is 12.8. The minimum absolute atomic E-state index is 0.117. The Balaban J connectivity index is 1.35. The largest absolute Gasteiger partial charge is 0.454 e. The van der Waals surface area contributed by atoms with Gasteiger partial charge in [0, 0.05) is 17.4 Å². The van der Waals surface area contributed by atoms with Gasteiger partial charge < -0.3 is 9.47 Å². The van der Waals surface area contributed by atoms with Gasteiger partial charge in [-0.1, -0.05) is 36.0 Å². The van der Waals surface area contributed by atoms with Crippen molar-refractivity contribution in [3.05, 3.63) is 78.6 Å². The molecule has 1 aliphatic rings. The summed E-state index contributed by atoms with van der Waals surface area (Å²) in [6.07, 6.45) is 3.15. The summed E-state index contributed by atoms with van der Waals surface area (Å²) >= 11 is 1.27. The van der Waals surface area contributed by atoms with Crippen LogP contribution >= 0.6 is 11.8 Å². The normalized spacial score (nSPS) is 12.2. The maximum atomic E-state index is 12.3. The fraction of sp³-hybridized carbons (Fsp3) is 0.0870. The number of aromatic nitrogens is 4. The molecule has 1 N–H and O–H groups in total. The zero-order chi connectivity index (χ0) is 22.5. The first-order valence-corrected chi connectivity index (χ1v) is 11.0. The minimum atomic E-state index is -0.264. The van der Waals surface area contributed by atoms with E-state index in [4.69, 9.17) is 9.47 Å². The van der Waals surface area contributed by atoms with E-state index in [-0.39, 0.29) is 18.5 Å². The Labute approximate surface area is 193 Å². The van der Waals surface area contributed by atoms with Crippen LogP contribution in [0, 0.1) is 0 Å². The predicted molar refractivity (Wildman–Crippen MR) is 124 cm³/mol. The lowest BCUT2D eigenvalue weighted by molar-refractivity contribution is -0.118. The molecule has 0 unspecified atom stereocenters. The lowest BCUT2D eigenvalue weighted by Crippen LogP contribution is -2.20. The molecule has 1 aliphatic heterocycles. The van der Waals surface area contributed by atoms with Crippen LogP contribution in [-0.2, 0) is 4.79 Å². The third kappa shape index (κ3) is 4.70. The van der Waals surface area contributed by atoms with Crippen molar-refractivity contribution in [3.8, 4) is 28.6 Å². The van der Waals surface area contributed by atoms with E-state index < -0.39 is 0 Å². The molecule has 0 aliphatic carbocycles. The van der Waals surface area contributed by atoms with Gasteiger partial charge in [0.15, 0.2) is 22.5 Å². The van der Waals surface area contributed by atoms with Crippen molar-refractivity contribution >= 4 is 23.9 Å². The zero-order valence-corrected chi connectivity index (χ0v) is 18.1. The number of thioether (sulfide) groups is 1. The number of nitrogens with one attached hydrogen (secondary N) is 1. The third-order valence-corrected chi connectivity index (χ3v) is 5.61. The molecule has 0 fully saturated rings. The molecule has 2 aromatic heterocycles. The number of carbonyl (C=O) groups is 1. The average Bonchev–Trinajstić information content (AvgIpc) is 3.50. The van der Waals surface area contributed by atoms with E-state index in [1.807, 2.05) is 65.2 Å². The lowest BCUT2D eigenvalue weighted by atomic mass is 10.2. The van der Waals surface area contributed by atoms with Crippen molar-refractivity contribution in [2.45, 2.75) is 5.16 Å². The van der Waals surface area contributed by atoms with E-state index in [9.17, 15) is 4.79 Å². The summed E-state index contributed by atoms with van der Waals surface area (Å²) in [7, 11) is 0. The molecule has 164 valence electrons. The van der Waals surface area contributed by atoms with Crippen molar-refractivity contribution in [1.82, 2.24) is 25.2 Å². The molecule has 4 aromatic rings. The Kier molecular flexibility index (Phi) is 5.98. The second-order valence-corrected chi connectivity index (χ2v) is 7.82. The van der Waals surface area contributed by atoms with E-state index in [1.165, 1.54) is 18.0 Å². The van der Waals surface area contributed by atoms with Crippen LogP contribution in [0.15, 0.2) is 83.2 Å². The van der Waals surface area contributed by atoms with Gasteiger partial charge in [-0.2, -0.15) is 5.10 Å². The monoisotopic (exact) mass is 458 g/mol. The molecule has 10 heteroatoms. The molecule has 5 rings (SSSR count). The van der Waals surface area contributed by atoms with Crippen molar-refractivity contribution in [3.63, 3.8) is 0 Å². The number of hydrogen-bond acceptors (Lipinski definition) is 8. The van der Waals surface area contributed by atoms with E-state index in [2.05, 4.69) is 25.7 Å². The highest BCUT2D eigenvalue weighted by atomic mass is 32.2. The van der Waals surface area contributed by atoms with Gasteiger partial charge >= 0.3 is 0 Å². The highest BCUT2D eigenvalue weighted by Crippen LogP contribution is 2.36. The van der Waals surface area contributed by atoms with Crippen LogP contribution in [-0.4, -0.2) is 44.4 Å². The van der Waals surface area contributed by atoms with Crippen molar-refractivity contribution in [2.75, 3.05) is 12.5 Å². The van der Waals surface area contributed by atoms with Crippen LogP contribution in [0.4, 0.5) is 0 Å². The Morgan fingerprint density at radius 3 is 2.76 bits per heavy atom. The standard InChI is InChI=1S/C23H18N6O3S/c30-21(26-25-13-17-6-4-5-11-24-17)14-33-23-28-27-22(29(23)18-7-2-1-3-8-18)16-9-10-19-20(12-16)32-15-31-19/h1-13H,14-15H2,(H,26,30). The molecule has 0 bridgehead atoms. The molecule has 0 atom stereocenters. The van der Waals surface area contributed by atoms with Crippen molar-refractivity contribution < 1.29 is 14.3 Å². The smallest absolute Gasteiger partial charge is 0.250 e. The summed E-state index contributed by atoms with van der Waals surface area (Å²) in [5.74, 6) is 1.84. The van der Waals surface area contributed by atoms with Crippen molar-refractivity contribution in [2.24, 2.45) is 5.10 Å². The fourth-order valence-electron chi connectivity index (χ4n) is 3.18. The van der Waals surface area contributed by atoms with Gasteiger partial charge in [-0.05, 0) is 42.5 Å². The van der Waals surface area contributed by atoms with E-state index in [1.54, 1.807) is 12.3 Å². The highest BCUT2D eigenvalue weighted by molar-refractivity contribution is 7.99. The van der Waals surface area contributed by atoms with Gasteiger partial charge in [0.25, 0.3) is 5.91 Å². The first kappa shape index (κ1) is 20.7. The van der Waals surface area contributed by atoms with Crippen LogP contribution in [0.2, 0.25) is 0 Å². The maximum absolute atomic E-state index is 12.3. The number of para-hydroxylation sites is 1. The number of carbonyl (C=O) groups excluding carboxylic acids is 1. The number of amides is 1. The lowest BCUT2D eigenvalue weighted by Gasteiger charge is -2.10. The molecule has 0 saturated carbocycles. The molecule has 0 radical (unpaired) electrons. The van der Waals surface area contributed by atoms with E-state index >= 15 is 0 Å². The van der Waals surface area contributed by atoms with Crippen LogP contribution in [0.3, 0.4) is 0 Å². The molecular formula is C23H18N6O3S. The van der Waals surface area contributed by atoms with Gasteiger partial charge in [-0.25, -0.2) is 5.43 Å². The SMILES string of the molecule is O=C(CSc1nnc(-c2ccc3c(c2)OCO3)n1-c1ccccc1)NN=Cc1ccccn1. The van der Waals surface area contributed by atoms with Gasteiger partial charge in [-0.15, -0.1) is 10.2 Å². The number of pyridine rings is 1. The van der Waals surface area contributed by atoms with E-state index in [0.29, 0.717) is 28.2 Å². The zero-order valence-electron chi connectivity index (χ0n) is 17.3. The summed E-state index contributed by atoms with van der Waals surface area (Å²) in [5.41, 5.74) is 4.87. The van der Waals surface area contributed by atoms with Gasteiger partial charge in [0.2, 0.25) is 6.79 Å². The van der Waals surface area contributed by atoms with Crippen LogP contribution < -0.4 is 14.9 Å². The number of ether oxygens (including phenoxy) is 2. The van der Waals surface area contributed by atoms with Gasteiger partial charge in [-0.3, -0.25) is 14.3 Å². The molecule has 9 nitrogen and oxygen atoms in total. The maximum Gasteiger partial charge on any atom is 0.250 e. The molecule has 0 spiro atoms. The summed E-state index contributed by atoms with van der Waals surface area (Å²) in [6.45, 7) is 0.198. The molecule has 0 saturated heterocycles. The number of benzene rings is 2. The number of hydrazone groups is 1. The Hall–Kier alpha value is -4.18. The summed E-state index contributed by atoms with van der Waals surface area (Å²) in [4.78, 5) is 16.4. The first-order chi connectivity index (χ1) is 16.3. The van der Waals surface area contributed by atoms with Crippen LogP contribution in [0.1, 0.15) is 5.69 Å². The second kappa shape index (κ2) is 9.53. The number of rotatable bonds is 7. The van der Waals surface area contributed by atoms with Crippen molar-refractivity contribution in [1.29, 1.82) is 0 Å². The molecule has 1 amide bonds. The van der Waals surface area contributed by atoms with Gasteiger partial charge in [0.05, 0.1) is 17.7 Å². The topological polar surface area (TPSA) is 104 Å². The first-order valence-electron chi connectivity index (χ1n) is 10.0. The highest BCUT2D eigenvalue weighted by Gasteiger charge is 2.20. The summed E-state index contributed by atoms with van der Waals surface area (Å²) in [6, 6.07) is 20.8. The second-order valence-electron chi connectivity index (χ2n) is 6.88. The number of nitrogens with zero attached hydrogens (tertiary/aromatic N) is 5. The minimum Gasteiger partial charge on any atom is -0.454 e. The Bertz CT molecular complexity index is 1290. The number of fused-ring (bicyclic) bond motifs is 1. The van der Waals surface area contributed by atoms with Crippen LogP contribution in [0.5, 0.6) is 11.5 Å². The Morgan fingerprint density at radius 2 is 1.91 bits per heavy atom. The van der Waals surface area contributed by atoms with Gasteiger partial charge in [0.1, 0.15) is 0 Å².